The smallest absolute Gasteiger partial charge is 0.387 e. The van der Waals surface area contributed by atoms with Crippen molar-refractivity contribution in [1.82, 2.24) is 14.2 Å². The molecule has 1 saturated heterocycles. The maximum Gasteiger partial charge on any atom is 0.387 e. The Morgan fingerprint density at radius 1 is 1.04 bits per heavy atom. The summed E-state index contributed by atoms with van der Waals surface area (Å²) in [6, 6.07) is 9.31. The predicted octanol–water partition coefficient (Wildman–Crippen LogP) is 2.19. The lowest BCUT2D eigenvalue weighted by atomic mass is 10.2. The molecule has 9 heteroatoms. The van der Waals surface area contributed by atoms with Crippen LogP contribution in [0.4, 0.5) is 8.78 Å². The summed E-state index contributed by atoms with van der Waals surface area (Å²) >= 11 is 0. The summed E-state index contributed by atoms with van der Waals surface area (Å²) in [4.78, 5) is 5.88. The second-order valence-corrected chi connectivity index (χ2v) is 7.77. The molecule has 0 bridgehead atoms. The Balaban J connectivity index is 1.69. The molecule has 3 rings (SSSR count). The third-order valence-electron chi connectivity index (χ3n) is 4.17. The van der Waals surface area contributed by atoms with Crippen LogP contribution in [-0.2, 0) is 16.6 Å². The Bertz CT molecular complexity index is 826. The van der Waals surface area contributed by atoms with Gasteiger partial charge in [-0.2, -0.15) is 13.1 Å². The third kappa shape index (κ3) is 4.35. The Labute approximate surface area is 151 Å². The fourth-order valence-electron chi connectivity index (χ4n) is 2.87. The number of halogens is 2. The topological polar surface area (TPSA) is 62.7 Å². The lowest BCUT2D eigenvalue weighted by Crippen LogP contribution is -2.48. The molecule has 1 fully saturated rings. The number of rotatable bonds is 6. The molecule has 2 aromatic rings. The fraction of sp³-hybridized carbons (Fsp3) is 0.353. The molecule has 1 aromatic carbocycles. The van der Waals surface area contributed by atoms with E-state index in [2.05, 4.69) is 14.6 Å². The van der Waals surface area contributed by atoms with Crippen LogP contribution >= 0.6 is 0 Å². The minimum Gasteiger partial charge on any atom is -0.433 e. The molecular formula is C17H19F2N3O3S. The SMILES string of the molecule is O=S(=O)(c1ccccc1OC(F)F)N1CCN(Cc2ccncc2)CC1. The van der Waals surface area contributed by atoms with Crippen LogP contribution in [0.3, 0.4) is 0 Å². The minimum absolute atomic E-state index is 0.233. The monoisotopic (exact) mass is 383 g/mol. The Morgan fingerprint density at radius 2 is 1.69 bits per heavy atom. The fourth-order valence-corrected chi connectivity index (χ4v) is 4.41. The van der Waals surface area contributed by atoms with E-state index in [0.29, 0.717) is 19.6 Å². The standard InChI is InChI=1S/C17H19F2N3O3S/c18-17(19)25-15-3-1-2-4-16(15)26(23,24)22-11-9-21(10-12-22)13-14-5-7-20-8-6-14/h1-8,17H,9-13H2. The number of ether oxygens (including phenoxy) is 1. The van der Waals surface area contributed by atoms with Crippen molar-refractivity contribution in [2.45, 2.75) is 18.1 Å². The number of hydrogen-bond acceptors (Lipinski definition) is 5. The number of alkyl halides is 2. The van der Waals surface area contributed by atoms with Crippen molar-refractivity contribution in [1.29, 1.82) is 0 Å². The van der Waals surface area contributed by atoms with Crippen LogP contribution in [0.1, 0.15) is 5.56 Å². The van der Waals surface area contributed by atoms with Gasteiger partial charge in [0.15, 0.2) is 0 Å². The first-order chi connectivity index (χ1) is 12.5. The number of hydrogen-bond donors (Lipinski definition) is 0. The quantitative estimate of drug-likeness (QED) is 0.765. The summed E-state index contributed by atoms with van der Waals surface area (Å²) in [5, 5.41) is 0. The number of pyridine rings is 1. The molecule has 140 valence electrons. The van der Waals surface area contributed by atoms with Crippen LogP contribution in [0.15, 0.2) is 53.7 Å². The van der Waals surface area contributed by atoms with Crippen molar-refractivity contribution in [2.75, 3.05) is 26.2 Å². The van der Waals surface area contributed by atoms with Gasteiger partial charge in [0, 0.05) is 45.1 Å². The molecule has 26 heavy (non-hydrogen) atoms. The summed E-state index contributed by atoms with van der Waals surface area (Å²) < 4.78 is 56.4. The first kappa shape index (κ1) is 18.7. The van der Waals surface area contributed by atoms with Gasteiger partial charge >= 0.3 is 6.61 Å². The van der Waals surface area contributed by atoms with Crippen LogP contribution in [0.5, 0.6) is 5.75 Å². The maximum absolute atomic E-state index is 12.8. The van der Waals surface area contributed by atoms with Gasteiger partial charge in [-0.15, -0.1) is 0 Å². The van der Waals surface area contributed by atoms with Gasteiger partial charge in [-0.3, -0.25) is 9.88 Å². The Morgan fingerprint density at radius 3 is 2.35 bits per heavy atom. The van der Waals surface area contributed by atoms with Crippen molar-refractivity contribution < 1.29 is 21.9 Å². The number of nitrogens with zero attached hydrogens (tertiary/aromatic N) is 3. The highest BCUT2D eigenvalue weighted by Gasteiger charge is 2.31. The van der Waals surface area contributed by atoms with Gasteiger partial charge in [-0.1, -0.05) is 12.1 Å². The molecular weight excluding hydrogens is 364 g/mol. The molecule has 1 aliphatic rings. The molecule has 0 atom stereocenters. The van der Waals surface area contributed by atoms with E-state index in [1.807, 2.05) is 12.1 Å². The second-order valence-electron chi connectivity index (χ2n) is 5.86. The summed E-state index contributed by atoms with van der Waals surface area (Å²) in [6.07, 6.45) is 3.44. The van der Waals surface area contributed by atoms with Crippen LogP contribution in [0.2, 0.25) is 0 Å². The van der Waals surface area contributed by atoms with Crippen LogP contribution in [0.25, 0.3) is 0 Å². The summed E-state index contributed by atoms with van der Waals surface area (Å²) in [7, 11) is -3.90. The van der Waals surface area contributed by atoms with E-state index < -0.39 is 16.6 Å². The number of aromatic nitrogens is 1. The maximum atomic E-state index is 12.8. The van der Waals surface area contributed by atoms with Gasteiger partial charge in [0.2, 0.25) is 10.0 Å². The largest absolute Gasteiger partial charge is 0.433 e. The van der Waals surface area contributed by atoms with Gasteiger partial charge in [-0.05, 0) is 29.8 Å². The molecule has 0 aliphatic carbocycles. The van der Waals surface area contributed by atoms with E-state index >= 15 is 0 Å². The highest BCUT2D eigenvalue weighted by molar-refractivity contribution is 7.89. The highest BCUT2D eigenvalue weighted by Crippen LogP contribution is 2.28. The van der Waals surface area contributed by atoms with Crippen LogP contribution < -0.4 is 4.74 Å². The molecule has 0 unspecified atom stereocenters. The zero-order valence-electron chi connectivity index (χ0n) is 14.0. The van der Waals surface area contributed by atoms with Gasteiger partial charge in [-0.25, -0.2) is 8.42 Å². The molecule has 1 aromatic heterocycles. The van der Waals surface area contributed by atoms with Crippen LogP contribution in [-0.4, -0.2) is 55.4 Å². The first-order valence-electron chi connectivity index (χ1n) is 8.12. The summed E-state index contributed by atoms with van der Waals surface area (Å²) in [6.45, 7) is -0.684. The lowest BCUT2D eigenvalue weighted by Gasteiger charge is -2.34. The highest BCUT2D eigenvalue weighted by atomic mass is 32.2. The average molecular weight is 383 g/mol. The molecule has 0 radical (unpaired) electrons. The molecule has 0 saturated carbocycles. The van der Waals surface area contributed by atoms with E-state index in [1.165, 1.54) is 28.6 Å². The molecule has 2 heterocycles. The van der Waals surface area contributed by atoms with E-state index in [4.69, 9.17) is 0 Å². The zero-order valence-corrected chi connectivity index (χ0v) is 14.8. The molecule has 0 spiro atoms. The van der Waals surface area contributed by atoms with E-state index in [1.54, 1.807) is 12.4 Å². The third-order valence-corrected chi connectivity index (χ3v) is 6.11. The molecule has 1 aliphatic heterocycles. The first-order valence-corrected chi connectivity index (χ1v) is 9.56. The van der Waals surface area contributed by atoms with Crippen molar-refractivity contribution in [2.24, 2.45) is 0 Å². The lowest BCUT2D eigenvalue weighted by molar-refractivity contribution is -0.0518. The average Bonchev–Trinajstić information content (AvgIpc) is 2.63. The van der Waals surface area contributed by atoms with Crippen molar-refractivity contribution >= 4 is 10.0 Å². The van der Waals surface area contributed by atoms with E-state index in [0.717, 1.165) is 5.56 Å². The number of para-hydroxylation sites is 1. The number of benzene rings is 1. The second kappa shape index (κ2) is 8.07. The van der Waals surface area contributed by atoms with Crippen LogP contribution in [0, 0.1) is 0 Å². The van der Waals surface area contributed by atoms with E-state index in [-0.39, 0.29) is 23.7 Å². The predicted molar refractivity (Wildman–Crippen MR) is 91.3 cm³/mol. The van der Waals surface area contributed by atoms with Gasteiger partial charge in [0.25, 0.3) is 0 Å². The number of sulfonamides is 1. The summed E-state index contributed by atoms with van der Waals surface area (Å²) in [5.41, 5.74) is 1.10. The summed E-state index contributed by atoms with van der Waals surface area (Å²) in [5.74, 6) is -0.332. The van der Waals surface area contributed by atoms with Gasteiger partial charge < -0.3 is 4.74 Å². The minimum atomic E-state index is -3.90. The zero-order chi connectivity index (χ0) is 18.6. The van der Waals surface area contributed by atoms with Gasteiger partial charge in [0.05, 0.1) is 0 Å². The van der Waals surface area contributed by atoms with E-state index in [9.17, 15) is 17.2 Å². The normalized spacial score (nSPS) is 16.7. The van der Waals surface area contributed by atoms with Crippen molar-refractivity contribution in [3.05, 3.63) is 54.4 Å². The molecule has 6 nitrogen and oxygen atoms in total. The Kier molecular flexibility index (Phi) is 5.80. The van der Waals surface area contributed by atoms with Crippen molar-refractivity contribution in [3.8, 4) is 5.75 Å². The van der Waals surface area contributed by atoms with Gasteiger partial charge in [0.1, 0.15) is 10.6 Å². The molecule has 0 N–H and O–H groups in total. The molecule has 0 amide bonds. The Hall–Kier alpha value is -2.10. The number of piperazine rings is 1. The van der Waals surface area contributed by atoms with Crippen molar-refractivity contribution in [3.63, 3.8) is 0 Å².